The lowest BCUT2D eigenvalue weighted by atomic mass is 10.2. The zero-order chi connectivity index (χ0) is 19.0. The molecule has 1 N–H and O–H groups in total. The monoisotopic (exact) mass is 364 g/mol. The molecule has 4 aromatic rings. The van der Waals surface area contributed by atoms with E-state index < -0.39 is 16.4 Å². The summed E-state index contributed by atoms with van der Waals surface area (Å²) in [5.41, 5.74) is 0.318. The third kappa shape index (κ3) is 2.91. The summed E-state index contributed by atoms with van der Waals surface area (Å²) in [6.45, 7) is -0.356. The quantitative estimate of drug-likeness (QED) is 0.439. The summed E-state index contributed by atoms with van der Waals surface area (Å²) in [6, 6.07) is 12.9. The molecule has 2 aromatic heterocycles. The van der Waals surface area contributed by atoms with Crippen LogP contribution in [0, 0.1) is 10.1 Å². The first-order chi connectivity index (χ1) is 13.0. The van der Waals surface area contributed by atoms with Gasteiger partial charge in [0.15, 0.2) is 0 Å². The second-order valence-electron chi connectivity index (χ2n) is 5.78. The maximum Gasteiger partial charge on any atom is 0.297 e. The van der Waals surface area contributed by atoms with Crippen LogP contribution < -0.4 is 10.9 Å². The summed E-state index contributed by atoms with van der Waals surface area (Å²) in [4.78, 5) is 39.5. The number of nitrogens with one attached hydrogen (secondary N) is 1. The number of aromatic nitrogens is 2. The summed E-state index contributed by atoms with van der Waals surface area (Å²) in [5, 5.41) is 14.2. The van der Waals surface area contributed by atoms with Crippen molar-refractivity contribution in [2.45, 2.75) is 6.54 Å². The van der Waals surface area contributed by atoms with Crippen LogP contribution in [0.25, 0.3) is 22.1 Å². The van der Waals surface area contributed by atoms with Gasteiger partial charge in [0.05, 0.1) is 11.3 Å². The molecule has 2 aromatic carbocycles. The third-order valence-electron chi connectivity index (χ3n) is 4.04. The van der Waals surface area contributed by atoms with Gasteiger partial charge in [-0.3, -0.25) is 24.3 Å². The Morgan fingerprint density at radius 1 is 1.19 bits per heavy atom. The van der Waals surface area contributed by atoms with Crippen LogP contribution in [-0.4, -0.2) is 20.4 Å². The van der Waals surface area contributed by atoms with Gasteiger partial charge in [0.1, 0.15) is 23.3 Å². The average molecular weight is 364 g/mol. The summed E-state index contributed by atoms with van der Waals surface area (Å²) in [5.74, 6) is -0.594. The molecule has 0 aliphatic heterocycles. The van der Waals surface area contributed by atoms with Crippen LogP contribution in [-0.2, 0) is 11.3 Å². The molecule has 0 aliphatic rings. The molecule has 1 amide bonds. The molecule has 0 atom stereocenters. The zero-order valence-corrected chi connectivity index (χ0v) is 13.8. The predicted octanol–water partition coefficient (Wildman–Crippen LogP) is 2.69. The third-order valence-corrected chi connectivity index (χ3v) is 4.04. The highest BCUT2D eigenvalue weighted by atomic mass is 16.6. The van der Waals surface area contributed by atoms with Crippen LogP contribution in [0.15, 0.2) is 64.1 Å². The number of nitro benzene ring substituents is 1. The number of carbonyl (C=O) groups excluding carboxylic acids is 1. The van der Waals surface area contributed by atoms with Crippen molar-refractivity contribution in [3.8, 4) is 0 Å². The van der Waals surface area contributed by atoms with E-state index in [2.05, 4.69) is 10.3 Å². The number of carbonyl (C=O) groups is 1. The van der Waals surface area contributed by atoms with E-state index in [1.807, 2.05) is 6.07 Å². The number of furan rings is 1. The van der Waals surface area contributed by atoms with Crippen molar-refractivity contribution >= 4 is 39.4 Å². The van der Waals surface area contributed by atoms with Crippen molar-refractivity contribution in [1.82, 2.24) is 9.55 Å². The van der Waals surface area contributed by atoms with E-state index in [0.29, 0.717) is 16.5 Å². The summed E-state index contributed by atoms with van der Waals surface area (Å²) in [7, 11) is 0. The minimum Gasteiger partial charge on any atom is -0.448 e. The number of nitro groups is 1. The number of amides is 1. The molecular weight excluding hydrogens is 352 g/mol. The highest BCUT2D eigenvalue weighted by Crippen LogP contribution is 2.24. The second kappa shape index (κ2) is 6.37. The van der Waals surface area contributed by atoms with Crippen LogP contribution in [0.4, 0.5) is 11.4 Å². The molecule has 0 bridgehead atoms. The van der Waals surface area contributed by atoms with E-state index in [1.54, 1.807) is 24.3 Å². The topological polar surface area (TPSA) is 120 Å². The highest BCUT2D eigenvalue weighted by molar-refractivity contribution is 6.01. The largest absolute Gasteiger partial charge is 0.448 e. The van der Waals surface area contributed by atoms with Gasteiger partial charge in [-0.2, -0.15) is 0 Å². The van der Waals surface area contributed by atoms with E-state index in [0.717, 1.165) is 4.57 Å². The van der Waals surface area contributed by atoms with Gasteiger partial charge in [0, 0.05) is 11.5 Å². The molecule has 0 radical (unpaired) electrons. The minimum atomic E-state index is -0.594. The molecule has 0 unspecified atom stereocenters. The van der Waals surface area contributed by atoms with Gasteiger partial charge in [-0.15, -0.1) is 0 Å². The normalized spacial score (nSPS) is 11.0. The number of hydrogen-bond acceptors (Lipinski definition) is 6. The maximum atomic E-state index is 12.6. The Balaban J connectivity index is 1.65. The van der Waals surface area contributed by atoms with Crippen LogP contribution in [0.2, 0.25) is 0 Å². The lowest BCUT2D eigenvalue weighted by molar-refractivity contribution is -0.383. The molecule has 0 fully saturated rings. The fraction of sp³-hybridized carbons (Fsp3) is 0.0556. The van der Waals surface area contributed by atoms with Crippen LogP contribution >= 0.6 is 0 Å². The summed E-state index contributed by atoms with van der Waals surface area (Å²) >= 11 is 0. The number of fused-ring (bicyclic) bond motifs is 3. The van der Waals surface area contributed by atoms with Crippen molar-refractivity contribution in [2.24, 2.45) is 0 Å². The van der Waals surface area contributed by atoms with E-state index in [4.69, 9.17) is 4.42 Å². The predicted molar refractivity (Wildman–Crippen MR) is 97.5 cm³/mol. The van der Waals surface area contributed by atoms with Gasteiger partial charge in [0.25, 0.3) is 11.2 Å². The number of rotatable bonds is 4. The molecule has 27 heavy (non-hydrogen) atoms. The highest BCUT2D eigenvalue weighted by Gasteiger charge is 2.17. The zero-order valence-electron chi connectivity index (χ0n) is 13.8. The van der Waals surface area contributed by atoms with Gasteiger partial charge < -0.3 is 9.73 Å². The Kier molecular flexibility index (Phi) is 3.88. The molecule has 4 rings (SSSR count). The first-order valence-electron chi connectivity index (χ1n) is 7.94. The first-order valence-corrected chi connectivity index (χ1v) is 7.94. The maximum absolute atomic E-state index is 12.6. The van der Waals surface area contributed by atoms with Gasteiger partial charge in [-0.1, -0.05) is 24.3 Å². The molecule has 9 heteroatoms. The van der Waals surface area contributed by atoms with Crippen LogP contribution in [0.5, 0.6) is 0 Å². The van der Waals surface area contributed by atoms with E-state index in [1.165, 1.54) is 24.5 Å². The van der Waals surface area contributed by atoms with Crippen molar-refractivity contribution in [1.29, 1.82) is 0 Å². The lowest BCUT2D eigenvalue weighted by Crippen LogP contribution is -2.27. The van der Waals surface area contributed by atoms with Crippen molar-refractivity contribution in [3.63, 3.8) is 0 Å². The minimum absolute atomic E-state index is 0.0530. The summed E-state index contributed by atoms with van der Waals surface area (Å²) < 4.78 is 6.65. The second-order valence-corrected chi connectivity index (χ2v) is 5.78. The molecule has 134 valence electrons. The fourth-order valence-corrected chi connectivity index (χ4v) is 2.81. The fourth-order valence-electron chi connectivity index (χ4n) is 2.81. The molecule has 0 saturated carbocycles. The summed E-state index contributed by atoms with van der Waals surface area (Å²) in [6.07, 6.45) is 1.26. The van der Waals surface area contributed by atoms with Crippen molar-refractivity contribution in [3.05, 3.63) is 75.3 Å². The molecule has 9 nitrogen and oxygen atoms in total. The number of para-hydroxylation sites is 3. The number of hydrogen-bond donors (Lipinski definition) is 1. The van der Waals surface area contributed by atoms with Crippen molar-refractivity contribution < 1.29 is 14.1 Å². The standard InChI is InChI=1S/C18H12N4O5/c23-15(20-12-6-2-3-7-13(12)22(25)26)9-21-10-19-16-11-5-1-4-8-14(11)27-17(16)18(21)24/h1-8,10H,9H2,(H,20,23). The van der Waals surface area contributed by atoms with E-state index >= 15 is 0 Å². The molecule has 2 heterocycles. The van der Waals surface area contributed by atoms with Gasteiger partial charge in [0.2, 0.25) is 11.5 Å². The molecule has 0 aliphatic carbocycles. The smallest absolute Gasteiger partial charge is 0.297 e. The first kappa shape index (κ1) is 16.5. The Morgan fingerprint density at radius 3 is 2.74 bits per heavy atom. The Hall–Kier alpha value is -4.01. The molecule has 0 spiro atoms. The SMILES string of the molecule is O=C(Cn1cnc2c(oc3ccccc32)c1=O)Nc1ccccc1[N+](=O)[O-]. The van der Waals surface area contributed by atoms with E-state index in [-0.39, 0.29) is 23.5 Å². The molecule has 0 saturated heterocycles. The van der Waals surface area contributed by atoms with Crippen molar-refractivity contribution in [2.75, 3.05) is 5.32 Å². The van der Waals surface area contributed by atoms with E-state index in [9.17, 15) is 19.7 Å². The molecular formula is C18H12N4O5. The van der Waals surface area contributed by atoms with Gasteiger partial charge in [-0.05, 0) is 18.2 Å². The Morgan fingerprint density at radius 2 is 1.93 bits per heavy atom. The Bertz CT molecular complexity index is 1260. The number of anilines is 1. The van der Waals surface area contributed by atoms with Gasteiger partial charge in [-0.25, -0.2) is 4.98 Å². The van der Waals surface area contributed by atoms with Crippen LogP contribution in [0.1, 0.15) is 0 Å². The number of nitrogens with zero attached hydrogens (tertiary/aromatic N) is 3. The van der Waals surface area contributed by atoms with Gasteiger partial charge >= 0.3 is 0 Å². The lowest BCUT2D eigenvalue weighted by Gasteiger charge is -2.07. The average Bonchev–Trinajstić information content (AvgIpc) is 3.04. The number of benzene rings is 2. The Labute approximate surface area is 151 Å². The van der Waals surface area contributed by atoms with Crippen LogP contribution in [0.3, 0.4) is 0 Å².